The topological polar surface area (TPSA) is 100 Å². The van der Waals surface area contributed by atoms with Gasteiger partial charge in [-0.25, -0.2) is 5.43 Å². The summed E-state index contributed by atoms with van der Waals surface area (Å²) in [5.41, 5.74) is 3.85. The third-order valence-corrected chi connectivity index (χ3v) is 5.14. The predicted octanol–water partition coefficient (Wildman–Crippen LogP) is 2.71. The summed E-state index contributed by atoms with van der Waals surface area (Å²) in [7, 11) is 1.56. The van der Waals surface area contributed by atoms with Crippen molar-refractivity contribution in [2.45, 2.75) is 0 Å². The van der Waals surface area contributed by atoms with Gasteiger partial charge in [-0.05, 0) is 48.5 Å². The predicted molar refractivity (Wildman–Crippen MR) is 117 cm³/mol. The Labute approximate surface area is 178 Å². The van der Waals surface area contributed by atoms with Crippen LogP contribution in [0.3, 0.4) is 0 Å². The largest absolute Gasteiger partial charge is 0.497 e. The van der Waals surface area contributed by atoms with E-state index in [4.69, 9.17) is 4.74 Å². The Morgan fingerprint density at radius 1 is 1.13 bits per heavy atom. The molecule has 1 heterocycles. The Balaban J connectivity index is 1.60. The van der Waals surface area contributed by atoms with Crippen LogP contribution < -0.4 is 15.5 Å². The van der Waals surface area contributed by atoms with Crippen LogP contribution in [0.2, 0.25) is 0 Å². The Bertz CT molecular complexity index is 987. The first kappa shape index (κ1) is 21.1. The number of hydrogen-bond acceptors (Lipinski definition) is 6. The molecule has 0 aromatic heterocycles. The molecule has 1 aliphatic heterocycles. The number of methoxy groups -OCH3 is 1. The normalized spacial score (nSPS) is 14.5. The van der Waals surface area contributed by atoms with Crippen LogP contribution in [0.1, 0.15) is 20.7 Å². The molecule has 2 aromatic carbocycles. The smallest absolute Gasteiger partial charge is 0.271 e. The molecule has 3 rings (SSSR count). The highest BCUT2D eigenvalue weighted by atomic mass is 32.2. The molecule has 154 valence electrons. The molecule has 8 nitrogen and oxygen atoms in total. The zero-order valence-corrected chi connectivity index (χ0v) is 17.1. The number of benzene rings is 2. The van der Waals surface area contributed by atoms with Gasteiger partial charge in [-0.3, -0.25) is 19.3 Å². The van der Waals surface area contributed by atoms with Crippen molar-refractivity contribution in [3.63, 3.8) is 0 Å². The summed E-state index contributed by atoms with van der Waals surface area (Å²) in [6, 6.07) is 13.1. The maximum atomic E-state index is 12.3. The molecule has 9 heteroatoms. The van der Waals surface area contributed by atoms with Gasteiger partial charge in [0.05, 0.1) is 12.9 Å². The molecule has 0 bridgehead atoms. The molecule has 2 N–H and O–H groups in total. The van der Waals surface area contributed by atoms with E-state index in [1.165, 1.54) is 16.7 Å². The third kappa shape index (κ3) is 5.06. The molecule has 0 unspecified atom stereocenters. The fourth-order valence-corrected chi connectivity index (χ4v) is 3.45. The molecule has 30 heavy (non-hydrogen) atoms. The number of nitrogens with zero attached hydrogens (tertiary/aromatic N) is 2. The van der Waals surface area contributed by atoms with Crippen LogP contribution in [0, 0.1) is 0 Å². The fourth-order valence-electron chi connectivity index (χ4n) is 2.60. The van der Waals surface area contributed by atoms with Crippen molar-refractivity contribution < 1.29 is 19.1 Å². The van der Waals surface area contributed by atoms with E-state index in [0.29, 0.717) is 34.3 Å². The van der Waals surface area contributed by atoms with Crippen LogP contribution in [0.5, 0.6) is 5.75 Å². The Hall–Kier alpha value is -3.59. The Kier molecular flexibility index (Phi) is 6.87. The molecule has 3 amide bonds. The highest BCUT2D eigenvalue weighted by Gasteiger charge is 2.27. The van der Waals surface area contributed by atoms with Crippen molar-refractivity contribution in [1.82, 2.24) is 10.3 Å². The van der Waals surface area contributed by atoms with E-state index in [9.17, 15) is 14.4 Å². The summed E-state index contributed by atoms with van der Waals surface area (Å²) in [5, 5.41) is 7.23. The maximum Gasteiger partial charge on any atom is 0.271 e. The van der Waals surface area contributed by atoms with Crippen molar-refractivity contribution in [2.75, 3.05) is 24.7 Å². The van der Waals surface area contributed by atoms with Gasteiger partial charge in [0, 0.05) is 23.4 Å². The second-order valence-corrected chi connectivity index (χ2v) is 7.12. The van der Waals surface area contributed by atoms with E-state index in [2.05, 4.69) is 22.4 Å². The van der Waals surface area contributed by atoms with Gasteiger partial charge in [0.2, 0.25) is 5.91 Å². The first-order valence-corrected chi connectivity index (χ1v) is 9.98. The number of thioether (sulfide) groups is 1. The van der Waals surface area contributed by atoms with Crippen LogP contribution in [-0.4, -0.2) is 47.2 Å². The zero-order valence-electron chi connectivity index (χ0n) is 16.3. The number of nitrogens with one attached hydrogen (secondary N) is 2. The van der Waals surface area contributed by atoms with Gasteiger partial charge in [0.1, 0.15) is 5.75 Å². The van der Waals surface area contributed by atoms with Crippen molar-refractivity contribution in [3.8, 4) is 5.75 Å². The Morgan fingerprint density at radius 3 is 2.40 bits per heavy atom. The van der Waals surface area contributed by atoms with Gasteiger partial charge in [0.15, 0.2) is 5.17 Å². The number of amidine groups is 1. The quantitative estimate of drug-likeness (QED) is 0.526. The van der Waals surface area contributed by atoms with Crippen molar-refractivity contribution in [3.05, 3.63) is 72.3 Å². The van der Waals surface area contributed by atoms with E-state index in [-0.39, 0.29) is 17.6 Å². The monoisotopic (exact) mass is 424 g/mol. The first-order chi connectivity index (χ1) is 14.5. The number of amides is 3. The minimum Gasteiger partial charge on any atom is -0.497 e. The maximum absolute atomic E-state index is 12.3. The van der Waals surface area contributed by atoms with Crippen LogP contribution in [0.15, 0.2) is 66.3 Å². The molecular formula is C21H20N4O4S. The minimum atomic E-state index is -0.422. The van der Waals surface area contributed by atoms with Gasteiger partial charge in [-0.15, -0.1) is 11.7 Å². The molecule has 0 aliphatic carbocycles. The number of hydrogen-bond donors (Lipinski definition) is 2. The molecule has 0 spiro atoms. The summed E-state index contributed by atoms with van der Waals surface area (Å²) >= 11 is 1.25. The molecule has 2 aromatic rings. The lowest BCUT2D eigenvalue weighted by Crippen LogP contribution is -2.31. The van der Waals surface area contributed by atoms with E-state index in [1.54, 1.807) is 61.7 Å². The first-order valence-electron chi connectivity index (χ1n) is 8.99. The molecular weight excluding hydrogens is 404 g/mol. The summed E-state index contributed by atoms with van der Waals surface area (Å²) in [5.74, 6) is 0.175. The molecule has 0 radical (unpaired) electrons. The SMILES string of the molecule is C=CCN1C(=O)CS/C1=N/NC(=O)c1ccc(NC(=O)c2ccc(OC)cc2)cc1. The minimum absolute atomic E-state index is 0.0788. The van der Waals surface area contributed by atoms with Gasteiger partial charge >= 0.3 is 0 Å². The van der Waals surface area contributed by atoms with E-state index in [1.807, 2.05) is 0 Å². The summed E-state index contributed by atoms with van der Waals surface area (Å²) in [6.45, 7) is 3.95. The molecule has 1 aliphatic rings. The van der Waals surface area contributed by atoms with E-state index < -0.39 is 5.91 Å². The molecule has 0 saturated carbocycles. The number of rotatable bonds is 7. The second-order valence-electron chi connectivity index (χ2n) is 6.18. The lowest BCUT2D eigenvalue weighted by molar-refractivity contribution is -0.123. The summed E-state index contributed by atoms with van der Waals surface area (Å²) in [6.07, 6.45) is 1.60. The summed E-state index contributed by atoms with van der Waals surface area (Å²) in [4.78, 5) is 37.8. The van der Waals surface area contributed by atoms with Gasteiger partial charge in [-0.1, -0.05) is 17.8 Å². The van der Waals surface area contributed by atoms with E-state index >= 15 is 0 Å². The van der Waals surface area contributed by atoms with Gasteiger partial charge in [-0.2, -0.15) is 0 Å². The van der Waals surface area contributed by atoms with Gasteiger partial charge < -0.3 is 10.1 Å². The van der Waals surface area contributed by atoms with Crippen molar-refractivity contribution >= 4 is 40.3 Å². The lowest BCUT2D eigenvalue weighted by atomic mass is 10.1. The van der Waals surface area contributed by atoms with Crippen LogP contribution >= 0.6 is 11.8 Å². The zero-order chi connectivity index (χ0) is 21.5. The average Bonchev–Trinajstić information content (AvgIpc) is 3.12. The number of carbonyl (C=O) groups excluding carboxylic acids is 3. The number of hydrazone groups is 1. The fraction of sp³-hybridized carbons (Fsp3) is 0.143. The lowest BCUT2D eigenvalue weighted by Gasteiger charge is -2.12. The highest BCUT2D eigenvalue weighted by Crippen LogP contribution is 2.19. The van der Waals surface area contributed by atoms with Crippen LogP contribution in [0.4, 0.5) is 5.69 Å². The second kappa shape index (κ2) is 9.75. The number of ether oxygens (including phenoxy) is 1. The molecule has 1 fully saturated rings. The summed E-state index contributed by atoms with van der Waals surface area (Å²) < 4.78 is 5.07. The Morgan fingerprint density at radius 2 is 1.77 bits per heavy atom. The van der Waals surface area contributed by atoms with Crippen LogP contribution in [-0.2, 0) is 4.79 Å². The standard InChI is InChI=1S/C21H20N4O4S/c1-3-12-25-18(26)13-30-21(25)24-23-20(28)15-4-8-16(9-5-15)22-19(27)14-6-10-17(29-2)11-7-14/h3-11H,1,12-13H2,2H3,(H,22,27)(H,23,28)/b24-21+. The van der Waals surface area contributed by atoms with E-state index in [0.717, 1.165) is 0 Å². The molecule has 1 saturated heterocycles. The van der Waals surface area contributed by atoms with Crippen LogP contribution in [0.25, 0.3) is 0 Å². The van der Waals surface area contributed by atoms with Crippen molar-refractivity contribution in [2.24, 2.45) is 5.10 Å². The third-order valence-electron chi connectivity index (χ3n) is 4.18. The number of carbonyl (C=O) groups is 3. The molecule has 0 atom stereocenters. The van der Waals surface area contributed by atoms with Gasteiger partial charge in [0.25, 0.3) is 11.8 Å². The number of anilines is 1. The van der Waals surface area contributed by atoms with Crippen molar-refractivity contribution in [1.29, 1.82) is 0 Å². The average molecular weight is 424 g/mol. The highest BCUT2D eigenvalue weighted by molar-refractivity contribution is 8.15.